The molecule has 27 heavy (non-hydrogen) atoms. The van der Waals surface area contributed by atoms with E-state index in [1.165, 1.54) is 30.8 Å². The maximum atomic E-state index is 13.1. The molecule has 0 aliphatic rings. The predicted molar refractivity (Wildman–Crippen MR) is 98.9 cm³/mol. The van der Waals surface area contributed by atoms with E-state index < -0.39 is 11.4 Å². The molecule has 0 aliphatic carbocycles. The second kappa shape index (κ2) is 6.57. The van der Waals surface area contributed by atoms with Gasteiger partial charge in [-0.3, -0.25) is 9.78 Å². The molecule has 0 fully saturated rings. The SMILES string of the molecule is Cc1cc2oc(-c3ccco3)c(OC(=O)c3ccncc3)c(=O)c2cc1C. The molecule has 0 saturated carbocycles. The molecule has 6 nitrogen and oxygen atoms in total. The summed E-state index contributed by atoms with van der Waals surface area (Å²) in [6.45, 7) is 3.83. The highest BCUT2D eigenvalue weighted by atomic mass is 16.5. The van der Waals surface area contributed by atoms with Gasteiger partial charge in [-0.25, -0.2) is 4.79 Å². The Morgan fingerprint density at radius 3 is 2.52 bits per heavy atom. The Morgan fingerprint density at radius 1 is 1.07 bits per heavy atom. The summed E-state index contributed by atoms with van der Waals surface area (Å²) in [4.78, 5) is 29.4. The Hall–Kier alpha value is -3.67. The van der Waals surface area contributed by atoms with Crippen LogP contribution in [0.1, 0.15) is 21.5 Å². The average Bonchev–Trinajstić information content (AvgIpc) is 3.21. The van der Waals surface area contributed by atoms with Crippen LogP contribution in [-0.4, -0.2) is 11.0 Å². The van der Waals surface area contributed by atoms with E-state index in [9.17, 15) is 9.59 Å². The van der Waals surface area contributed by atoms with Gasteiger partial charge in [0.25, 0.3) is 0 Å². The Bertz CT molecular complexity index is 1190. The van der Waals surface area contributed by atoms with Gasteiger partial charge in [-0.15, -0.1) is 0 Å². The lowest BCUT2D eigenvalue weighted by molar-refractivity contribution is 0.0731. The average molecular weight is 361 g/mol. The largest absolute Gasteiger partial charge is 0.461 e. The van der Waals surface area contributed by atoms with Crippen molar-refractivity contribution >= 4 is 16.9 Å². The van der Waals surface area contributed by atoms with Crippen molar-refractivity contribution < 1.29 is 18.4 Å². The number of hydrogen-bond acceptors (Lipinski definition) is 6. The molecule has 3 heterocycles. The van der Waals surface area contributed by atoms with Gasteiger partial charge in [0.1, 0.15) is 5.58 Å². The normalized spacial score (nSPS) is 10.9. The number of nitrogens with zero attached hydrogens (tertiary/aromatic N) is 1. The topological polar surface area (TPSA) is 82.5 Å². The molecule has 1 aromatic carbocycles. The molecule has 6 heteroatoms. The third-order valence-corrected chi connectivity index (χ3v) is 4.32. The minimum absolute atomic E-state index is 0.0724. The smallest absolute Gasteiger partial charge is 0.343 e. The van der Waals surface area contributed by atoms with Crippen molar-refractivity contribution in [1.82, 2.24) is 4.98 Å². The standard InChI is InChI=1S/C21H15NO5/c1-12-10-15-17(11-13(12)2)26-19(16-4-3-9-25-16)20(18(15)23)27-21(24)14-5-7-22-8-6-14/h3-11H,1-2H3. The molecule has 0 unspecified atom stereocenters. The summed E-state index contributed by atoms with van der Waals surface area (Å²) in [7, 11) is 0. The summed E-state index contributed by atoms with van der Waals surface area (Å²) in [6.07, 6.45) is 4.40. The van der Waals surface area contributed by atoms with E-state index in [1.54, 1.807) is 24.3 Å². The first kappa shape index (κ1) is 16.8. The Kier molecular flexibility index (Phi) is 4.08. The summed E-state index contributed by atoms with van der Waals surface area (Å²) in [6, 6.07) is 9.82. The second-order valence-corrected chi connectivity index (χ2v) is 6.12. The zero-order valence-electron chi connectivity index (χ0n) is 14.7. The van der Waals surface area contributed by atoms with Gasteiger partial charge in [0, 0.05) is 12.4 Å². The number of aromatic nitrogens is 1. The van der Waals surface area contributed by atoms with Gasteiger partial charge in [-0.1, -0.05) is 0 Å². The van der Waals surface area contributed by atoms with Crippen molar-refractivity contribution in [3.63, 3.8) is 0 Å². The van der Waals surface area contributed by atoms with E-state index in [1.807, 2.05) is 13.8 Å². The summed E-state index contributed by atoms with van der Waals surface area (Å²) >= 11 is 0. The van der Waals surface area contributed by atoms with E-state index in [-0.39, 0.29) is 17.1 Å². The Labute approximate surface area is 154 Å². The molecule has 0 N–H and O–H groups in total. The van der Waals surface area contributed by atoms with Gasteiger partial charge in [-0.05, 0) is 61.4 Å². The molecule has 0 aliphatic heterocycles. The van der Waals surface area contributed by atoms with Crippen LogP contribution in [0.2, 0.25) is 0 Å². The molecular formula is C21H15NO5. The van der Waals surface area contributed by atoms with Crippen molar-refractivity contribution in [3.05, 3.63) is 82.0 Å². The first-order valence-corrected chi connectivity index (χ1v) is 8.29. The number of furan rings is 1. The van der Waals surface area contributed by atoms with Gasteiger partial charge in [0.05, 0.1) is 17.2 Å². The molecule has 0 bridgehead atoms. The van der Waals surface area contributed by atoms with E-state index in [4.69, 9.17) is 13.6 Å². The lowest BCUT2D eigenvalue weighted by Gasteiger charge is -2.10. The fourth-order valence-electron chi connectivity index (χ4n) is 2.74. The molecule has 0 saturated heterocycles. The van der Waals surface area contributed by atoms with E-state index in [0.717, 1.165) is 11.1 Å². The summed E-state index contributed by atoms with van der Waals surface area (Å²) in [5.41, 5.74) is 2.16. The molecule has 3 aromatic heterocycles. The van der Waals surface area contributed by atoms with Crippen LogP contribution in [0.25, 0.3) is 22.5 Å². The molecule has 0 amide bonds. The number of esters is 1. The number of aryl methyl sites for hydroxylation is 2. The van der Waals surface area contributed by atoms with Crippen LogP contribution >= 0.6 is 0 Å². The number of rotatable bonds is 3. The molecular weight excluding hydrogens is 346 g/mol. The number of carbonyl (C=O) groups excluding carboxylic acids is 1. The zero-order valence-corrected chi connectivity index (χ0v) is 14.7. The van der Waals surface area contributed by atoms with Gasteiger partial charge in [-0.2, -0.15) is 0 Å². The number of hydrogen-bond donors (Lipinski definition) is 0. The van der Waals surface area contributed by atoms with Crippen LogP contribution in [0.15, 0.2) is 68.7 Å². The minimum Gasteiger partial charge on any atom is -0.461 e. The van der Waals surface area contributed by atoms with Gasteiger partial charge < -0.3 is 13.6 Å². The number of ether oxygens (including phenoxy) is 1. The van der Waals surface area contributed by atoms with Crippen LogP contribution in [0.5, 0.6) is 5.75 Å². The second-order valence-electron chi connectivity index (χ2n) is 6.12. The lowest BCUT2D eigenvalue weighted by Crippen LogP contribution is -2.16. The van der Waals surface area contributed by atoms with Crippen LogP contribution in [-0.2, 0) is 0 Å². The first-order chi connectivity index (χ1) is 13.0. The first-order valence-electron chi connectivity index (χ1n) is 8.29. The summed E-state index contributed by atoms with van der Waals surface area (Å²) in [5.74, 6) is -0.517. The Morgan fingerprint density at radius 2 is 1.81 bits per heavy atom. The molecule has 0 atom stereocenters. The third-order valence-electron chi connectivity index (χ3n) is 4.32. The van der Waals surface area contributed by atoms with Crippen molar-refractivity contribution in [2.24, 2.45) is 0 Å². The molecule has 4 rings (SSSR count). The number of fused-ring (bicyclic) bond motifs is 1. The van der Waals surface area contributed by atoms with Gasteiger partial charge in [0.2, 0.25) is 16.9 Å². The van der Waals surface area contributed by atoms with Crippen LogP contribution in [0.4, 0.5) is 0 Å². The number of carbonyl (C=O) groups is 1. The van der Waals surface area contributed by atoms with Crippen LogP contribution in [0, 0.1) is 13.8 Å². The maximum absolute atomic E-state index is 13.1. The quantitative estimate of drug-likeness (QED) is 0.506. The number of benzene rings is 1. The Balaban J connectivity index is 1.93. The highest BCUT2D eigenvalue weighted by molar-refractivity contribution is 5.92. The van der Waals surface area contributed by atoms with Crippen molar-refractivity contribution in [2.75, 3.05) is 0 Å². The van der Waals surface area contributed by atoms with Crippen LogP contribution in [0.3, 0.4) is 0 Å². The highest BCUT2D eigenvalue weighted by Crippen LogP contribution is 2.32. The maximum Gasteiger partial charge on any atom is 0.343 e. The van der Waals surface area contributed by atoms with Crippen LogP contribution < -0.4 is 10.2 Å². The van der Waals surface area contributed by atoms with Gasteiger partial charge >= 0.3 is 5.97 Å². The highest BCUT2D eigenvalue weighted by Gasteiger charge is 2.23. The monoisotopic (exact) mass is 361 g/mol. The minimum atomic E-state index is -0.680. The summed E-state index contributed by atoms with van der Waals surface area (Å²) in [5, 5.41) is 0.339. The molecule has 134 valence electrons. The van der Waals surface area contributed by atoms with Gasteiger partial charge in [0.15, 0.2) is 5.76 Å². The van der Waals surface area contributed by atoms with E-state index in [2.05, 4.69) is 4.98 Å². The zero-order chi connectivity index (χ0) is 19.0. The molecule has 4 aromatic rings. The third kappa shape index (κ3) is 3.01. The molecule has 0 spiro atoms. The summed E-state index contributed by atoms with van der Waals surface area (Å²) < 4.78 is 16.7. The van der Waals surface area contributed by atoms with Crippen molar-refractivity contribution in [1.29, 1.82) is 0 Å². The fourth-order valence-corrected chi connectivity index (χ4v) is 2.74. The fraction of sp³-hybridized carbons (Fsp3) is 0.0952. The van der Waals surface area contributed by atoms with E-state index >= 15 is 0 Å². The lowest BCUT2D eigenvalue weighted by atomic mass is 10.1. The molecule has 0 radical (unpaired) electrons. The predicted octanol–water partition coefficient (Wildman–Crippen LogP) is 4.28. The van der Waals surface area contributed by atoms with Crippen molar-refractivity contribution in [2.45, 2.75) is 13.8 Å². The van der Waals surface area contributed by atoms with E-state index in [0.29, 0.717) is 16.7 Å². The van der Waals surface area contributed by atoms with Crippen molar-refractivity contribution in [3.8, 4) is 17.3 Å². The number of pyridine rings is 1.